The number of alkyl halides is 1. The van der Waals surface area contributed by atoms with Crippen molar-refractivity contribution >= 4 is 56.6 Å². The van der Waals surface area contributed by atoms with Gasteiger partial charge < -0.3 is 103 Å². The fourth-order valence-electron chi connectivity index (χ4n) is 15.6. The zero-order valence-corrected chi connectivity index (χ0v) is 100. The maximum Gasteiger partial charge on any atom is 0.679 e. The number of epoxide rings is 4. The summed E-state index contributed by atoms with van der Waals surface area (Å²) in [5, 5.41) is 0. The lowest BCUT2D eigenvalue weighted by Crippen LogP contribution is -2.50. The molecule has 140 heavy (non-hydrogen) atoms. The van der Waals surface area contributed by atoms with Crippen LogP contribution in [0.5, 0.6) is 0 Å². The minimum Gasteiger partial charge on any atom is -0.373 e. The van der Waals surface area contributed by atoms with Gasteiger partial charge in [0, 0.05) is 137 Å². The van der Waals surface area contributed by atoms with Gasteiger partial charge in [-0.05, 0) is 181 Å². The molecular formula is C111H233ClO23Si5. The van der Waals surface area contributed by atoms with Gasteiger partial charge in [-0.25, -0.2) is 0 Å². The second-order valence-electron chi connectivity index (χ2n) is 39.0. The highest BCUT2D eigenvalue weighted by Gasteiger charge is 2.49. The highest BCUT2D eigenvalue weighted by atomic mass is 35.5. The van der Waals surface area contributed by atoms with Gasteiger partial charge >= 0.3 is 45.0 Å². The first-order chi connectivity index (χ1) is 68.8. The minimum atomic E-state index is -3.11. The Morgan fingerprint density at radius 1 is 0.164 bits per heavy atom. The molecule has 0 aliphatic carbocycles. The van der Waals surface area contributed by atoms with Crippen LogP contribution in [0.4, 0.5) is 0 Å². The van der Waals surface area contributed by atoms with Crippen LogP contribution < -0.4 is 0 Å². The topological polar surface area (TPSA) is 225 Å². The highest BCUT2D eigenvalue weighted by molar-refractivity contribution is 6.60. The number of ether oxygens (including phenoxy) is 4. The Bertz CT molecular complexity index is 2220. The van der Waals surface area contributed by atoms with Gasteiger partial charge in [-0.2, -0.15) is 0 Å². The smallest absolute Gasteiger partial charge is 0.373 e. The molecule has 0 radical (unpaired) electrons. The van der Waals surface area contributed by atoms with E-state index in [-0.39, 0.29) is 0 Å². The van der Waals surface area contributed by atoms with Crippen LogP contribution in [0.15, 0.2) is 0 Å². The van der Waals surface area contributed by atoms with Gasteiger partial charge in [-0.1, -0.05) is 353 Å². The number of halogens is 1. The first kappa shape index (κ1) is 140. The molecule has 0 amide bonds. The summed E-state index contributed by atoms with van der Waals surface area (Å²) in [6, 6.07) is 0.859. The zero-order chi connectivity index (χ0) is 102. The normalized spacial score (nSPS) is 15.7. The quantitative estimate of drug-likeness (QED) is 0.0239. The zero-order valence-electron chi connectivity index (χ0n) is 94.6. The van der Waals surface area contributed by atoms with Crippen LogP contribution in [0.2, 0.25) is 6.04 Å². The molecule has 4 aliphatic heterocycles. The first-order valence-corrected chi connectivity index (χ1v) is 69.0. The van der Waals surface area contributed by atoms with Crippen molar-refractivity contribution in [3.8, 4) is 0 Å². The number of unbranched alkanes of at least 4 members (excludes halogenated alkanes) is 46. The SMILES string of the molecule is CCCCCCCCO[Si](CCCCl)(OCCCCCCCC)OCCCCCCCC.CCCCCCCCO[Si](OCCCCCCCC)(OCCCCCCCC)OCCCCC1CO1.CCCCCCO[Si](OCCCCCC)(OCCCCCC)OCCCCC1CO1.CCCCO[Si](OCCCC)(OCCCC)OCCCCC1CO1.CCO[Si](OCC)(OCC)OCCCCC1CO1. The summed E-state index contributed by atoms with van der Waals surface area (Å²) in [5.41, 5.74) is 0. The maximum absolute atomic E-state index is 6.46. The lowest BCUT2D eigenvalue weighted by atomic mass is 10.1. The van der Waals surface area contributed by atoms with E-state index in [2.05, 4.69) is 83.1 Å². The van der Waals surface area contributed by atoms with Crippen molar-refractivity contribution in [3.05, 3.63) is 0 Å². The fourth-order valence-corrected chi connectivity index (χ4v) is 26.8. The van der Waals surface area contributed by atoms with Gasteiger partial charge in [0.05, 0.1) is 50.8 Å². The summed E-state index contributed by atoms with van der Waals surface area (Å²) in [6.07, 6.45) is 81.7. The summed E-state index contributed by atoms with van der Waals surface area (Å²) in [5.74, 6) is 0.649. The standard InChI is InChI=1S/C30H62O5Si.C27H57ClO3Si.C24H50O5Si.C18H38O5Si.C12H26O5Si/c1-4-7-10-13-16-20-25-32-36(33-26-21-17-14-11-8-5-2,34-27-22-18-15-12-9-6-3)35-28-23-19-24-30-29-31-30;1-4-7-10-13-16-19-24-29-32(27-22-23-28,30-25-20-17-14-11-8-5-2)31-26-21-18-15-12-9-6-3;1-4-7-10-14-19-26-30(27-20-15-11-8-5-2,28-21-16-12-9-6-3)29-22-17-13-18-24-23-25-24;1-4-7-13-20-24(21-14-8-5-2,22-15-9-6-3)23-16-11-10-12-18-17-19-18;1-4-14-18(15-5-2,16-6-3)17-10-8-7-9-12-11-13-12/h30H,4-29H2,1-3H3;4-27H2,1-3H3;24H,4-23H2,1-3H3;18H,4-17H2,1-3H3;12H,4-11H2,1-3H3. The molecule has 23 nitrogen and oxygen atoms in total. The maximum atomic E-state index is 6.46. The summed E-state index contributed by atoms with van der Waals surface area (Å²) in [7, 11) is -14.7. The molecule has 0 N–H and O–H groups in total. The van der Waals surface area contributed by atoms with Crippen LogP contribution >= 0.6 is 11.6 Å². The number of rotatable bonds is 111. The van der Waals surface area contributed by atoms with Gasteiger partial charge in [-0.15, -0.1) is 11.6 Å². The summed E-state index contributed by atoms with van der Waals surface area (Å²) in [4.78, 5) is 0. The Balaban J connectivity index is 0.00000175. The van der Waals surface area contributed by atoms with Crippen molar-refractivity contribution < 1.29 is 103 Å². The van der Waals surface area contributed by atoms with E-state index in [4.69, 9.17) is 115 Å². The van der Waals surface area contributed by atoms with Crippen molar-refractivity contribution in [2.24, 2.45) is 0 Å². The molecule has 4 rings (SSSR count). The lowest BCUT2D eigenvalue weighted by Gasteiger charge is -2.30. The molecule has 4 saturated heterocycles. The van der Waals surface area contributed by atoms with Crippen LogP contribution in [0.3, 0.4) is 0 Å². The van der Waals surface area contributed by atoms with Crippen LogP contribution in [0.25, 0.3) is 0 Å². The van der Waals surface area contributed by atoms with E-state index in [0.717, 1.165) is 232 Å². The van der Waals surface area contributed by atoms with Crippen molar-refractivity contribution in [3.63, 3.8) is 0 Å². The second kappa shape index (κ2) is 108. The molecule has 0 saturated carbocycles. The van der Waals surface area contributed by atoms with Crippen LogP contribution in [0.1, 0.15) is 534 Å². The van der Waals surface area contributed by atoms with Gasteiger partial charge in [0.1, 0.15) is 0 Å². The molecule has 4 heterocycles. The van der Waals surface area contributed by atoms with Crippen molar-refractivity contribution in [2.45, 2.75) is 565 Å². The first-order valence-electron chi connectivity index (χ1n) is 60.0. The Kier molecular flexibility index (Phi) is 108. The van der Waals surface area contributed by atoms with E-state index < -0.39 is 45.0 Å². The molecule has 4 unspecified atom stereocenters. The van der Waals surface area contributed by atoms with Gasteiger partial charge in [0.2, 0.25) is 0 Å². The fraction of sp³-hybridized carbons (Fsp3) is 1.00. The molecule has 0 aromatic carbocycles. The summed E-state index contributed by atoms with van der Waals surface area (Å²) >= 11 is 6.06. The predicted molar refractivity (Wildman–Crippen MR) is 591 cm³/mol. The molecule has 0 spiro atoms. The molecule has 0 bridgehead atoms. The van der Waals surface area contributed by atoms with E-state index in [1.54, 1.807) is 0 Å². The van der Waals surface area contributed by atoms with Gasteiger partial charge in [0.25, 0.3) is 0 Å². The van der Waals surface area contributed by atoms with Crippen molar-refractivity contribution in [2.75, 3.05) is 158 Å². The predicted octanol–water partition coefficient (Wildman–Crippen LogP) is 32.2. The largest absolute Gasteiger partial charge is 0.679 e. The van der Waals surface area contributed by atoms with Crippen molar-refractivity contribution in [1.82, 2.24) is 0 Å². The van der Waals surface area contributed by atoms with Crippen LogP contribution in [-0.4, -0.2) is 227 Å². The number of hydrogen-bond donors (Lipinski definition) is 0. The van der Waals surface area contributed by atoms with Gasteiger partial charge in [0.15, 0.2) is 0 Å². The molecule has 4 aliphatic rings. The van der Waals surface area contributed by atoms with Gasteiger partial charge in [-0.3, -0.25) is 0 Å². The molecular weight excluding hydrogens is 1880 g/mol. The molecule has 0 aromatic rings. The van der Waals surface area contributed by atoms with E-state index in [0.29, 0.717) is 136 Å². The average molecular weight is 2110 g/mol. The monoisotopic (exact) mass is 2110 g/mol. The Hall–Kier alpha value is 0.454. The third kappa shape index (κ3) is 93.3. The molecule has 4 fully saturated rings. The molecule has 842 valence electrons. The van der Waals surface area contributed by atoms with E-state index >= 15 is 0 Å². The third-order valence-electron chi connectivity index (χ3n) is 24.9. The minimum absolute atomic E-state index is 0.490. The van der Waals surface area contributed by atoms with Crippen LogP contribution in [0, 0.1) is 0 Å². The second-order valence-corrected chi connectivity index (χ2v) is 50.7. The number of hydrogen-bond acceptors (Lipinski definition) is 23. The Labute approximate surface area is 876 Å². The van der Waals surface area contributed by atoms with E-state index in [1.807, 2.05) is 20.8 Å². The highest BCUT2D eigenvalue weighted by Crippen LogP contribution is 2.28. The Morgan fingerprint density at radius 3 is 0.457 bits per heavy atom. The van der Waals surface area contributed by atoms with E-state index in [1.165, 1.54) is 250 Å². The summed E-state index contributed by atoms with van der Waals surface area (Å²) < 4.78 is 138. The molecule has 4 atom stereocenters. The molecule has 29 heteroatoms. The van der Waals surface area contributed by atoms with Crippen LogP contribution in [-0.2, 0) is 103 Å². The average Bonchev–Trinajstić information content (AvgIpc) is 0.988. The Morgan fingerprint density at radius 2 is 0.300 bits per heavy atom. The molecule has 0 aromatic heterocycles. The third-order valence-corrected chi connectivity index (χ3v) is 37.3. The van der Waals surface area contributed by atoms with E-state index in [9.17, 15) is 0 Å². The lowest BCUT2D eigenvalue weighted by molar-refractivity contribution is -0.0384. The summed E-state index contributed by atoms with van der Waals surface area (Å²) in [6.45, 7) is 48.8. The van der Waals surface area contributed by atoms with Crippen molar-refractivity contribution in [1.29, 1.82) is 0 Å².